The number of hydrogen-bond donors (Lipinski definition) is 1. The van der Waals surface area contributed by atoms with Crippen LogP contribution < -0.4 is 0 Å². The summed E-state index contributed by atoms with van der Waals surface area (Å²) in [5.74, 6) is -10.7. The summed E-state index contributed by atoms with van der Waals surface area (Å²) < 4.78 is 69.1. The van der Waals surface area contributed by atoms with Crippen molar-refractivity contribution in [2.45, 2.75) is 20.3 Å². The van der Waals surface area contributed by atoms with Crippen LogP contribution in [-0.4, -0.2) is 10.8 Å². The van der Waals surface area contributed by atoms with Crippen LogP contribution in [0.4, 0.5) is 27.6 Å². The van der Waals surface area contributed by atoms with Gasteiger partial charge in [0, 0.05) is 11.1 Å². The molecule has 0 aromatic heterocycles. The third kappa shape index (κ3) is 3.72. The molecule has 0 aliphatic heterocycles. The Hall–Kier alpha value is -3.22. The monoisotopic (exact) mass is 405 g/mol. The van der Waals surface area contributed by atoms with Crippen LogP contribution >= 0.6 is 0 Å². The Morgan fingerprint density at radius 3 is 1.97 bits per heavy atom. The minimum absolute atomic E-state index is 0.121. The van der Waals surface area contributed by atoms with Crippen molar-refractivity contribution >= 4 is 11.4 Å². The molecule has 7 heteroatoms. The first kappa shape index (κ1) is 20.5. The molecule has 1 N–H and O–H groups in total. The normalized spacial score (nSPS) is 11.8. The quantitative estimate of drug-likeness (QED) is 0.241. The van der Waals surface area contributed by atoms with Crippen molar-refractivity contribution in [3.63, 3.8) is 0 Å². The molecule has 29 heavy (non-hydrogen) atoms. The van der Waals surface area contributed by atoms with Gasteiger partial charge in [-0.1, -0.05) is 43.3 Å². The van der Waals surface area contributed by atoms with Crippen molar-refractivity contribution in [2.75, 3.05) is 0 Å². The first-order valence-electron chi connectivity index (χ1n) is 8.74. The van der Waals surface area contributed by atoms with Gasteiger partial charge in [0.1, 0.15) is 11.4 Å². The molecule has 0 aliphatic rings. The first-order valence-corrected chi connectivity index (χ1v) is 8.74. The molecule has 3 aromatic carbocycles. The number of rotatable bonds is 4. The molecule has 0 heterocycles. The second kappa shape index (κ2) is 8.03. The molecule has 3 aromatic rings. The standard InChI is InChI=1S/C22H16F5NO/c1-3-12-9-11(2)10-14(22(12)29)20(13-7-5-4-6-8-13)28-21-18(26)16(24)15(23)17(25)19(21)27/h4-10,29H,3H2,1-2H3. The average molecular weight is 405 g/mol. The Kier molecular flexibility index (Phi) is 5.68. The number of phenols is 1. The van der Waals surface area contributed by atoms with Crippen molar-refractivity contribution in [3.05, 3.63) is 93.8 Å². The maximum atomic E-state index is 14.2. The number of aryl methyl sites for hydroxylation is 2. The van der Waals surface area contributed by atoms with Crippen LogP contribution in [0, 0.1) is 36.0 Å². The fraction of sp³-hybridized carbons (Fsp3) is 0.136. The van der Waals surface area contributed by atoms with Gasteiger partial charge in [0.2, 0.25) is 5.82 Å². The van der Waals surface area contributed by atoms with Gasteiger partial charge in [0.15, 0.2) is 23.3 Å². The fourth-order valence-corrected chi connectivity index (χ4v) is 2.98. The van der Waals surface area contributed by atoms with Crippen molar-refractivity contribution in [1.29, 1.82) is 0 Å². The second-order valence-corrected chi connectivity index (χ2v) is 6.42. The van der Waals surface area contributed by atoms with E-state index >= 15 is 0 Å². The summed E-state index contributed by atoms with van der Waals surface area (Å²) in [6, 6.07) is 11.3. The molecule has 0 fully saturated rings. The number of nitrogens with zero attached hydrogens (tertiary/aromatic N) is 1. The molecule has 2 nitrogen and oxygen atoms in total. The Labute approximate surface area is 164 Å². The summed E-state index contributed by atoms with van der Waals surface area (Å²) in [6.07, 6.45) is 0.463. The van der Waals surface area contributed by atoms with Gasteiger partial charge < -0.3 is 5.11 Å². The second-order valence-electron chi connectivity index (χ2n) is 6.42. The molecule has 150 valence electrons. The number of aliphatic imine (C=N–C) groups is 1. The molecule has 0 spiro atoms. The van der Waals surface area contributed by atoms with Crippen LogP contribution in [0.5, 0.6) is 5.75 Å². The summed E-state index contributed by atoms with van der Waals surface area (Å²) >= 11 is 0. The molecular weight excluding hydrogens is 389 g/mol. The molecule has 0 saturated carbocycles. The van der Waals surface area contributed by atoms with E-state index in [9.17, 15) is 27.1 Å². The molecule has 0 amide bonds. The zero-order valence-electron chi connectivity index (χ0n) is 15.5. The van der Waals surface area contributed by atoms with Crippen molar-refractivity contribution < 1.29 is 27.1 Å². The Balaban J connectivity index is 2.38. The molecule has 0 unspecified atom stereocenters. The van der Waals surface area contributed by atoms with Crippen LogP contribution in [0.1, 0.15) is 29.2 Å². The van der Waals surface area contributed by atoms with E-state index in [1.165, 1.54) is 6.07 Å². The van der Waals surface area contributed by atoms with Gasteiger partial charge in [0.05, 0.1) is 5.71 Å². The molecule has 0 atom stereocenters. The number of aromatic hydroxyl groups is 1. The number of phenolic OH excluding ortho intramolecular Hbond substituents is 1. The van der Waals surface area contributed by atoms with Gasteiger partial charge in [-0.15, -0.1) is 0 Å². The summed E-state index contributed by atoms with van der Waals surface area (Å²) in [7, 11) is 0. The average Bonchev–Trinajstić information content (AvgIpc) is 2.73. The lowest BCUT2D eigenvalue weighted by Crippen LogP contribution is -2.08. The third-order valence-corrected chi connectivity index (χ3v) is 4.43. The van der Waals surface area contributed by atoms with Crippen LogP contribution in [0.15, 0.2) is 47.5 Å². The highest BCUT2D eigenvalue weighted by atomic mass is 19.2. The first-order chi connectivity index (χ1) is 13.8. The lowest BCUT2D eigenvalue weighted by Gasteiger charge is -2.14. The highest BCUT2D eigenvalue weighted by Crippen LogP contribution is 2.33. The van der Waals surface area contributed by atoms with E-state index in [2.05, 4.69) is 4.99 Å². The lowest BCUT2D eigenvalue weighted by molar-refractivity contribution is 0.381. The van der Waals surface area contributed by atoms with Crippen molar-refractivity contribution in [3.8, 4) is 5.75 Å². The van der Waals surface area contributed by atoms with E-state index in [4.69, 9.17) is 0 Å². The topological polar surface area (TPSA) is 32.6 Å². The maximum Gasteiger partial charge on any atom is 0.200 e. The van der Waals surface area contributed by atoms with Crippen LogP contribution in [-0.2, 0) is 6.42 Å². The zero-order valence-corrected chi connectivity index (χ0v) is 15.5. The number of hydrogen-bond acceptors (Lipinski definition) is 2. The predicted octanol–water partition coefficient (Wildman–Crippen LogP) is 6.13. The van der Waals surface area contributed by atoms with E-state index in [1.807, 2.05) is 6.92 Å². The highest BCUT2D eigenvalue weighted by Gasteiger charge is 2.27. The Morgan fingerprint density at radius 2 is 1.41 bits per heavy atom. The summed E-state index contributed by atoms with van der Waals surface area (Å²) in [5.41, 5.74) is 0.303. The van der Waals surface area contributed by atoms with E-state index in [0.29, 0.717) is 17.5 Å². The van der Waals surface area contributed by atoms with Gasteiger partial charge in [-0.3, -0.25) is 0 Å². The van der Waals surface area contributed by atoms with E-state index < -0.39 is 34.8 Å². The fourth-order valence-electron chi connectivity index (χ4n) is 2.98. The van der Waals surface area contributed by atoms with Crippen LogP contribution in [0.2, 0.25) is 0 Å². The van der Waals surface area contributed by atoms with E-state index in [0.717, 1.165) is 5.56 Å². The highest BCUT2D eigenvalue weighted by molar-refractivity contribution is 6.15. The van der Waals surface area contributed by atoms with E-state index in [-0.39, 0.29) is 17.0 Å². The molecule has 0 bridgehead atoms. The summed E-state index contributed by atoms with van der Waals surface area (Å²) in [4.78, 5) is 3.80. The summed E-state index contributed by atoms with van der Waals surface area (Å²) in [5, 5.41) is 10.6. The van der Waals surface area contributed by atoms with Crippen molar-refractivity contribution in [1.82, 2.24) is 0 Å². The van der Waals surface area contributed by atoms with Crippen LogP contribution in [0.25, 0.3) is 0 Å². The lowest BCUT2D eigenvalue weighted by atomic mass is 9.95. The van der Waals surface area contributed by atoms with Crippen LogP contribution in [0.3, 0.4) is 0 Å². The molecule has 0 radical (unpaired) electrons. The summed E-state index contributed by atoms with van der Waals surface area (Å²) in [6.45, 7) is 3.56. The van der Waals surface area contributed by atoms with Gasteiger partial charge in [-0.05, 0) is 30.5 Å². The Morgan fingerprint density at radius 1 is 0.862 bits per heavy atom. The maximum absolute atomic E-state index is 14.2. The third-order valence-electron chi connectivity index (χ3n) is 4.43. The van der Waals surface area contributed by atoms with Gasteiger partial charge in [-0.25, -0.2) is 26.9 Å². The van der Waals surface area contributed by atoms with Gasteiger partial charge in [-0.2, -0.15) is 0 Å². The zero-order chi connectivity index (χ0) is 21.3. The largest absolute Gasteiger partial charge is 0.507 e. The molecule has 0 saturated heterocycles. The van der Waals surface area contributed by atoms with E-state index in [1.54, 1.807) is 43.3 Å². The minimum atomic E-state index is -2.26. The van der Waals surface area contributed by atoms with Gasteiger partial charge in [0.25, 0.3) is 0 Å². The molecule has 0 aliphatic carbocycles. The smallest absolute Gasteiger partial charge is 0.200 e. The molecule has 3 rings (SSSR count). The van der Waals surface area contributed by atoms with Gasteiger partial charge >= 0.3 is 0 Å². The number of benzene rings is 3. The minimum Gasteiger partial charge on any atom is -0.507 e. The predicted molar refractivity (Wildman–Crippen MR) is 100 cm³/mol. The SMILES string of the molecule is CCc1cc(C)cc(C(=Nc2c(F)c(F)c(F)c(F)c2F)c2ccccc2)c1O. The number of halogens is 5. The Bertz CT molecular complexity index is 1080. The molecular formula is C22H16F5NO. The van der Waals surface area contributed by atoms with Crippen molar-refractivity contribution in [2.24, 2.45) is 4.99 Å².